The van der Waals surface area contributed by atoms with E-state index in [9.17, 15) is 9.59 Å². The normalized spacial score (nSPS) is 14.6. The van der Waals surface area contributed by atoms with Gasteiger partial charge < -0.3 is 24.7 Å². The highest BCUT2D eigenvalue weighted by atomic mass is 16.5. The van der Waals surface area contributed by atoms with Gasteiger partial charge >= 0.3 is 0 Å². The molecule has 1 fully saturated rings. The van der Waals surface area contributed by atoms with Crippen LogP contribution in [-0.4, -0.2) is 59.5 Å². The molecule has 0 aliphatic carbocycles. The van der Waals surface area contributed by atoms with Crippen molar-refractivity contribution < 1.29 is 19.1 Å². The van der Waals surface area contributed by atoms with E-state index in [1.54, 1.807) is 31.5 Å². The quantitative estimate of drug-likeness (QED) is 0.383. The molecule has 1 saturated heterocycles. The van der Waals surface area contributed by atoms with Crippen LogP contribution >= 0.6 is 0 Å². The SMILES string of the molecule is CC#CCOC1(c2ccccc2C)CN(C(=O)C(Cc2ccc(OC)cc2)NC(=O)CCc2cnc[nH]2)C1. The Kier molecular flexibility index (Phi) is 8.82. The highest BCUT2D eigenvalue weighted by molar-refractivity contribution is 5.88. The molecule has 0 bridgehead atoms. The van der Waals surface area contributed by atoms with Crippen LogP contribution < -0.4 is 10.1 Å². The van der Waals surface area contributed by atoms with E-state index in [0.29, 0.717) is 25.9 Å². The second-order valence-corrected chi connectivity index (χ2v) is 9.47. The summed E-state index contributed by atoms with van der Waals surface area (Å²) in [5.41, 5.74) is 3.33. The Hall–Kier alpha value is -4.09. The number of amides is 2. The van der Waals surface area contributed by atoms with Crippen molar-refractivity contribution in [3.05, 3.63) is 83.4 Å². The van der Waals surface area contributed by atoms with Crippen molar-refractivity contribution >= 4 is 11.8 Å². The van der Waals surface area contributed by atoms with Crippen molar-refractivity contribution in [3.8, 4) is 17.6 Å². The summed E-state index contributed by atoms with van der Waals surface area (Å²) < 4.78 is 11.5. The summed E-state index contributed by atoms with van der Waals surface area (Å²) in [6, 6.07) is 14.9. The van der Waals surface area contributed by atoms with Crippen molar-refractivity contribution in [1.82, 2.24) is 20.2 Å². The number of aromatic amines is 1. The molecule has 2 heterocycles. The van der Waals surface area contributed by atoms with Gasteiger partial charge in [-0.15, -0.1) is 5.92 Å². The number of H-pyrrole nitrogens is 1. The second kappa shape index (κ2) is 12.4. The summed E-state index contributed by atoms with van der Waals surface area (Å²) in [6.45, 7) is 4.89. The van der Waals surface area contributed by atoms with Gasteiger partial charge in [0.15, 0.2) is 0 Å². The van der Waals surface area contributed by atoms with Crippen LogP contribution in [-0.2, 0) is 32.8 Å². The van der Waals surface area contributed by atoms with Crippen molar-refractivity contribution in [2.45, 2.75) is 44.8 Å². The Morgan fingerprint density at radius 3 is 2.61 bits per heavy atom. The van der Waals surface area contributed by atoms with E-state index >= 15 is 0 Å². The first-order valence-corrected chi connectivity index (χ1v) is 12.7. The minimum Gasteiger partial charge on any atom is -0.497 e. The van der Waals surface area contributed by atoms with Gasteiger partial charge in [0.1, 0.15) is 24.0 Å². The largest absolute Gasteiger partial charge is 0.497 e. The Morgan fingerprint density at radius 2 is 1.95 bits per heavy atom. The molecule has 1 atom stereocenters. The number of hydrogen-bond acceptors (Lipinski definition) is 5. The van der Waals surface area contributed by atoms with E-state index in [4.69, 9.17) is 9.47 Å². The molecule has 2 amide bonds. The lowest BCUT2D eigenvalue weighted by Gasteiger charge is -2.51. The number of imidazole rings is 1. The topological polar surface area (TPSA) is 96.6 Å². The fourth-order valence-electron chi connectivity index (χ4n) is 4.75. The van der Waals surface area contributed by atoms with Gasteiger partial charge in [-0.25, -0.2) is 4.98 Å². The number of rotatable bonds is 11. The molecule has 4 rings (SSSR count). The van der Waals surface area contributed by atoms with Crippen LogP contribution in [0.15, 0.2) is 61.1 Å². The van der Waals surface area contributed by atoms with Crippen molar-refractivity contribution in [1.29, 1.82) is 0 Å². The monoisotopic (exact) mass is 514 g/mol. The summed E-state index contributed by atoms with van der Waals surface area (Å²) in [6.07, 6.45) is 4.42. The molecular weight excluding hydrogens is 480 g/mol. The van der Waals surface area contributed by atoms with E-state index in [1.165, 1.54) is 0 Å². The average Bonchev–Trinajstić information content (AvgIpc) is 3.43. The fraction of sp³-hybridized carbons (Fsp3) is 0.367. The molecule has 2 aromatic carbocycles. The molecule has 3 aromatic rings. The first-order valence-electron chi connectivity index (χ1n) is 12.7. The number of nitrogens with one attached hydrogen (secondary N) is 2. The molecule has 8 heteroatoms. The summed E-state index contributed by atoms with van der Waals surface area (Å²) >= 11 is 0. The van der Waals surface area contributed by atoms with Crippen LogP contribution in [0.3, 0.4) is 0 Å². The van der Waals surface area contributed by atoms with Crippen molar-refractivity contribution in [2.75, 3.05) is 26.8 Å². The lowest BCUT2D eigenvalue weighted by molar-refractivity contribution is -0.171. The predicted molar refractivity (Wildman–Crippen MR) is 144 cm³/mol. The van der Waals surface area contributed by atoms with Gasteiger partial charge in [-0.2, -0.15) is 0 Å². The van der Waals surface area contributed by atoms with E-state index < -0.39 is 11.6 Å². The van der Waals surface area contributed by atoms with Crippen molar-refractivity contribution in [3.63, 3.8) is 0 Å². The molecule has 1 unspecified atom stereocenters. The van der Waals surface area contributed by atoms with Gasteiger partial charge in [0, 0.05) is 24.7 Å². The number of methoxy groups -OCH3 is 1. The van der Waals surface area contributed by atoms with Gasteiger partial charge in [0.05, 0.1) is 26.5 Å². The summed E-state index contributed by atoms with van der Waals surface area (Å²) in [4.78, 5) is 35.4. The van der Waals surface area contributed by atoms with Gasteiger partial charge in [-0.3, -0.25) is 9.59 Å². The van der Waals surface area contributed by atoms with E-state index in [0.717, 1.165) is 28.1 Å². The Labute approximate surface area is 223 Å². The first kappa shape index (κ1) is 27.0. The zero-order valence-electron chi connectivity index (χ0n) is 22.1. The summed E-state index contributed by atoms with van der Waals surface area (Å²) in [5, 5.41) is 2.98. The Morgan fingerprint density at radius 1 is 1.18 bits per heavy atom. The smallest absolute Gasteiger partial charge is 0.245 e. The van der Waals surface area contributed by atoms with Gasteiger partial charge in [-0.05, 0) is 49.1 Å². The molecule has 0 saturated carbocycles. The minimum absolute atomic E-state index is 0.134. The number of ether oxygens (including phenoxy) is 2. The molecular formula is C30H34N4O4. The van der Waals surface area contributed by atoms with E-state index in [-0.39, 0.29) is 24.8 Å². The molecule has 1 aliphatic heterocycles. The lowest BCUT2D eigenvalue weighted by Crippen LogP contribution is -2.66. The summed E-state index contributed by atoms with van der Waals surface area (Å²) in [5.74, 6) is 6.25. The predicted octanol–water partition coefficient (Wildman–Crippen LogP) is 3.16. The lowest BCUT2D eigenvalue weighted by atomic mass is 9.82. The maximum Gasteiger partial charge on any atom is 0.245 e. The average molecular weight is 515 g/mol. The van der Waals surface area contributed by atoms with Crippen molar-refractivity contribution in [2.24, 2.45) is 0 Å². The molecule has 1 aromatic heterocycles. The number of hydrogen-bond donors (Lipinski definition) is 2. The highest BCUT2D eigenvalue weighted by Crippen LogP contribution is 2.38. The second-order valence-electron chi connectivity index (χ2n) is 9.47. The van der Waals surface area contributed by atoms with E-state index in [1.807, 2.05) is 55.5 Å². The maximum absolute atomic E-state index is 13.7. The number of nitrogens with zero attached hydrogens (tertiary/aromatic N) is 2. The number of likely N-dealkylation sites (tertiary alicyclic amines) is 1. The van der Waals surface area contributed by atoms with Crippen LogP contribution in [0, 0.1) is 18.8 Å². The molecule has 0 spiro atoms. The molecule has 2 N–H and O–H groups in total. The first-order chi connectivity index (χ1) is 18.4. The number of aryl methyl sites for hydroxylation is 2. The zero-order chi connectivity index (χ0) is 27.0. The van der Waals surface area contributed by atoms with Crippen LogP contribution in [0.5, 0.6) is 5.75 Å². The van der Waals surface area contributed by atoms with Gasteiger partial charge in [0.25, 0.3) is 0 Å². The Bertz CT molecular complexity index is 1290. The molecule has 0 radical (unpaired) electrons. The van der Waals surface area contributed by atoms with Gasteiger partial charge in [0.2, 0.25) is 11.8 Å². The number of aromatic nitrogens is 2. The zero-order valence-corrected chi connectivity index (χ0v) is 22.1. The van der Waals surface area contributed by atoms with Gasteiger partial charge in [-0.1, -0.05) is 42.3 Å². The number of carbonyl (C=O) groups excluding carboxylic acids is 2. The fourth-order valence-corrected chi connectivity index (χ4v) is 4.75. The molecule has 198 valence electrons. The molecule has 38 heavy (non-hydrogen) atoms. The Balaban J connectivity index is 1.49. The molecule has 1 aliphatic rings. The maximum atomic E-state index is 13.7. The highest BCUT2D eigenvalue weighted by Gasteiger charge is 2.49. The third kappa shape index (κ3) is 6.42. The standard InChI is InChI=1S/C30H34N4O4/c1-4-5-16-38-30(26-9-7-6-8-22(26)2)19-34(20-30)29(36)27(17-23-10-13-25(37-3)14-11-23)33-28(35)15-12-24-18-31-21-32-24/h6-11,13-14,18,21,27H,12,15-17,19-20H2,1-3H3,(H,31,32)(H,33,35). The van der Waals surface area contributed by atoms with Crippen LogP contribution in [0.25, 0.3) is 0 Å². The number of carbonyl (C=O) groups is 2. The minimum atomic E-state index is -0.706. The van der Waals surface area contributed by atoms with E-state index in [2.05, 4.69) is 27.1 Å². The van der Waals surface area contributed by atoms with Crippen LogP contribution in [0.1, 0.15) is 35.7 Å². The number of benzene rings is 2. The van der Waals surface area contributed by atoms with Crippen LogP contribution in [0.2, 0.25) is 0 Å². The molecule has 8 nitrogen and oxygen atoms in total. The third-order valence-corrected chi connectivity index (χ3v) is 6.85. The van der Waals surface area contributed by atoms with Crippen LogP contribution in [0.4, 0.5) is 0 Å². The third-order valence-electron chi connectivity index (χ3n) is 6.85. The summed E-state index contributed by atoms with van der Waals surface area (Å²) in [7, 11) is 1.61.